The zero-order valence-corrected chi connectivity index (χ0v) is 11.2. The zero-order valence-electron chi connectivity index (χ0n) is 11.2. The van der Waals surface area contributed by atoms with Gasteiger partial charge in [0.1, 0.15) is 0 Å². The molecular formula is C16H17NO3. The normalized spacial score (nSPS) is 18.9. The van der Waals surface area contributed by atoms with E-state index < -0.39 is 6.10 Å². The molecule has 20 heavy (non-hydrogen) atoms. The SMILES string of the molecule is O=C(NCc1cccc2ccccc12)C1COCCO1. The monoisotopic (exact) mass is 271 g/mol. The van der Waals surface area contributed by atoms with Crippen LogP contribution in [-0.4, -0.2) is 31.8 Å². The summed E-state index contributed by atoms with van der Waals surface area (Å²) >= 11 is 0. The molecule has 1 atom stereocenters. The third-order valence-corrected chi connectivity index (χ3v) is 3.44. The minimum atomic E-state index is -0.487. The van der Waals surface area contributed by atoms with Gasteiger partial charge >= 0.3 is 0 Å². The summed E-state index contributed by atoms with van der Waals surface area (Å²) in [5.74, 6) is -0.113. The van der Waals surface area contributed by atoms with Gasteiger partial charge in [0.15, 0.2) is 6.10 Å². The number of fused-ring (bicyclic) bond motifs is 1. The Kier molecular flexibility index (Phi) is 3.95. The van der Waals surface area contributed by atoms with Crippen LogP contribution in [0.4, 0.5) is 0 Å². The summed E-state index contributed by atoms with van der Waals surface area (Å²) in [6.07, 6.45) is -0.487. The standard InChI is InChI=1S/C16H17NO3/c18-16(15-11-19-8-9-20-15)17-10-13-6-3-5-12-4-1-2-7-14(12)13/h1-7,15H,8-11H2,(H,17,18). The molecule has 0 aliphatic carbocycles. The number of hydrogen-bond donors (Lipinski definition) is 1. The van der Waals surface area contributed by atoms with Crippen LogP contribution in [0.2, 0.25) is 0 Å². The van der Waals surface area contributed by atoms with Crippen molar-refractivity contribution in [2.45, 2.75) is 12.6 Å². The molecule has 1 aliphatic heterocycles. The van der Waals surface area contributed by atoms with Crippen molar-refractivity contribution in [2.75, 3.05) is 19.8 Å². The van der Waals surface area contributed by atoms with E-state index in [0.717, 1.165) is 10.9 Å². The minimum absolute atomic E-state index is 0.113. The predicted octanol–water partition coefficient (Wildman–Crippen LogP) is 1.87. The molecule has 2 aromatic rings. The summed E-state index contributed by atoms with van der Waals surface area (Å²) < 4.78 is 10.6. The molecule has 0 spiro atoms. The highest BCUT2D eigenvalue weighted by Gasteiger charge is 2.22. The number of hydrogen-bond acceptors (Lipinski definition) is 3. The number of rotatable bonds is 3. The summed E-state index contributed by atoms with van der Waals surface area (Å²) in [5, 5.41) is 5.26. The second kappa shape index (κ2) is 6.03. The van der Waals surface area contributed by atoms with Gasteiger partial charge in [0.05, 0.1) is 19.8 Å². The molecule has 1 heterocycles. The Morgan fingerprint density at radius 3 is 2.85 bits per heavy atom. The van der Waals surface area contributed by atoms with Gasteiger partial charge in [-0.05, 0) is 16.3 Å². The van der Waals surface area contributed by atoms with Crippen LogP contribution in [0.5, 0.6) is 0 Å². The van der Waals surface area contributed by atoms with Crippen LogP contribution in [0, 0.1) is 0 Å². The first-order valence-electron chi connectivity index (χ1n) is 6.78. The van der Waals surface area contributed by atoms with Crippen molar-refractivity contribution < 1.29 is 14.3 Å². The Hall–Kier alpha value is -1.91. The van der Waals surface area contributed by atoms with Gasteiger partial charge in [-0.3, -0.25) is 4.79 Å². The zero-order chi connectivity index (χ0) is 13.8. The number of carbonyl (C=O) groups excluding carboxylic acids is 1. The van der Waals surface area contributed by atoms with Crippen LogP contribution >= 0.6 is 0 Å². The quantitative estimate of drug-likeness (QED) is 0.927. The van der Waals surface area contributed by atoms with Gasteiger partial charge in [0.2, 0.25) is 0 Å². The maximum atomic E-state index is 12.0. The average molecular weight is 271 g/mol. The number of carbonyl (C=O) groups is 1. The van der Waals surface area contributed by atoms with Crippen molar-refractivity contribution in [2.24, 2.45) is 0 Å². The summed E-state index contributed by atoms with van der Waals surface area (Å²) in [4.78, 5) is 12.0. The van der Waals surface area contributed by atoms with E-state index in [9.17, 15) is 4.79 Å². The van der Waals surface area contributed by atoms with Crippen molar-refractivity contribution in [3.05, 3.63) is 48.0 Å². The lowest BCUT2D eigenvalue weighted by Gasteiger charge is -2.22. The predicted molar refractivity (Wildman–Crippen MR) is 76.4 cm³/mol. The first-order valence-corrected chi connectivity index (χ1v) is 6.78. The molecule has 1 aliphatic rings. The third kappa shape index (κ3) is 2.81. The molecule has 1 saturated heterocycles. The molecule has 3 rings (SSSR count). The van der Waals surface area contributed by atoms with Gasteiger partial charge in [-0.25, -0.2) is 0 Å². The molecule has 1 fully saturated rings. The molecule has 1 amide bonds. The summed E-state index contributed by atoms with van der Waals surface area (Å²) in [7, 11) is 0. The van der Waals surface area contributed by atoms with Crippen LogP contribution in [0.15, 0.2) is 42.5 Å². The van der Waals surface area contributed by atoms with E-state index in [1.54, 1.807) is 0 Å². The van der Waals surface area contributed by atoms with E-state index >= 15 is 0 Å². The molecule has 0 saturated carbocycles. The molecule has 1 unspecified atom stereocenters. The Bertz CT molecular complexity index is 600. The van der Waals surface area contributed by atoms with Gasteiger partial charge in [0.25, 0.3) is 5.91 Å². The van der Waals surface area contributed by atoms with Crippen LogP contribution in [0.25, 0.3) is 10.8 Å². The highest BCUT2D eigenvalue weighted by atomic mass is 16.6. The summed E-state index contributed by atoms with van der Waals surface area (Å²) in [6, 6.07) is 14.3. The van der Waals surface area contributed by atoms with E-state index in [1.807, 2.05) is 24.3 Å². The first kappa shape index (κ1) is 13.1. The lowest BCUT2D eigenvalue weighted by Crippen LogP contribution is -2.42. The maximum absolute atomic E-state index is 12.0. The fourth-order valence-electron chi connectivity index (χ4n) is 2.38. The maximum Gasteiger partial charge on any atom is 0.251 e. The second-order valence-electron chi connectivity index (χ2n) is 4.79. The molecular weight excluding hydrogens is 254 g/mol. The van der Waals surface area contributed by atoms with Crippen LogP contribution in [0.1, 0.15) is 5.56 Å². The Morgan fingerprint density at radius 2 is 2.00 bits per heavy atom. The lowest BCUT2D eigenvalue weighted by atomic mass is 10.0. The van der Waals surface area contributed by atoms with E-state index in [2.05, 4.69) is 23.5 Å². The lowest BCUT2D eigenvalue weighted by molar-refractivity contribution is -0.147. The Labute approximate surface area is 117 Å². The summed E-state index contributed by atoms with van der Waals surface area (Å²) in [6.45, 7) is 1.88. The molecule has 2 aromatic carbocycles. The number of benzene rings is 2. The number of amides is 1. The highest BCUT2D eigenvalue weighted by molar-refractivity contribution is 5.86. The summed E-state index contributed by atoms with van der Waals surface area (Å²) in [5.41, 5.74) is 1.10. The van der Waals surface area contributed by atoms with Gasteiger partial charge in [0, 0.05) is 6.54 Å². The highest BCUT2D eigenvalue weighted by Crippen LogP contribution is 2.18. The third-order valence-electron chi connectivity index (χ3n) is 3.44. The van der Waals surface area contributed by atoms with E-state index in [0.29, 0.717) is 26.4 Å². The largest absolute Gasteiger partial charge is 0.376 e. The molecule has 1 N–H and O–H groups in total. The van der Waals surface area contributed by atoms with E-state index in [1.165, 1.54) is 5.39 Å². The van der Waals surface area contributed by atoms with Crippen molar-refractivity contribution in [3.63, 3.8) is 0 Å². The molecule has 0 radical (unpaired) electrons. The fraction of sp³-hybridized carbons (Fsp3) is 0.312. The molecule has 4 heteroatoms. The number of nitrogens with one attached hydrogen (secondary N) is 1. The molecule has 0 aromatic heterocycles. The smallest absolute Gasteiger partial charge is 0.251 e. The average Bonchev–Trinajstić information content (AvgIpc) is 2.53. The van der Waals surface area contributed by atoms with Gasteiger partial charge in [-0.2, -0.15) is 0 Å². The van der Waals surface area contributed by atoms with Crippen LogP contribution in [-0.2, 0) is 20.8 Å². The molecule has 104 valence electrons. The Morgan fingerprint density at radius 1 is 1.15 bits per heavy atom. The molecule has 4 nitrogen and oxygen atoms in total. The van der Waals surface area contributed by atoms with Gasteiger partial charge < -0.3 is 14.8 Å². The minimum Gasteiger partial charge on any atom is -0.376 e. The van der Waals surface area contributed by atoms with Gasteiger partial charge in [-0.15, -0.1) is 0 Å². The van der Waals surface area contributed by atoms with E-state index in [-0.39, 0.29) is 5.91 Å². The molecule has 0 bridgehead atoms. The number of ether oxygens (including phenoxy) is 2. The topological polar surface area (TPSA) is 47.6 Å². The van der Waals surface area contributed by atoms with Crippen molar-refractivity contribution in [3.8, 4) is 0 Å². The first-order chi connectivity index (χ1) is 9.84. The fourth-order valence-corrected chi connectivity index (χ4v) is 2.38. The van der Waals surface area contributed by atoms with Crippen molar-refractivity contribution >= 4 is 16.7 Å². The second-order valence-corrected chi connectivity index (χ2v) is 4.79. The van der Waals surface area contributed by atoms with Crippen LogP contribution in [0.3, 0.4) is 0 Å². The van der Waals surface area contributed by atoms with Gasteiger partial charge in [-0.1, -0.05) is 42.5 Å². The van der Waals surface area contributed by atoms with Crippen molar-refractivity contribution in [1.29, 1.82) is 0 Å². The Balaban J connectivity index is 1.69. The van der Waals surface area contributed by atoms with Crippen LogP contribution < -0.4 is 5.32 Å². The van der Waals surface area contributed by atoms with E-state index in [4.69, 9.17) is 9.47 Å². The van der Waals surface area contributed by atoms with Crippen molar-refractivity contribution in [1.82, 2.24) is 5.32 Å².